The molecule has 0 aliphatic heterocycles. The highest BCUT2D eigenvalue weighted by Crippen LogP contribution is 2.28. The average Bonchev–Trinajstić information content (AvgIpc) is 2.41. The Hall–Kier alpha value is -1.55. The van der Waals surface area contributed by atoms with E-state index in [-0.39, 0.29) is 18.5 Å². The van der Waals surface area contributed by atoms with E-state index >= 15 is 0 Å². The van der Waals surface area contributed by atoms with Crippen LogP contribution in [0.3, 0.4) is 0 Å². The van der Waals surface area contributed by atoms with Gasteiger partial charge < -0.3 is 4.84 Å². The number of anilines is 1. The number of alkyl halides is 1. The molecular weight excluding hydrogens is 264 g/mol. The number of hydrogen-bond acceptors (Lipinski definition) is 3. The van der Waals surface area contributed by atoms with E-state index in [1.54, 1.807) is 0 Å². The van der Waals surface area contributed by atoms with Crippen molar-refractivity contribution in [2.45, 2.75) is 27.2 Å². The van der Waals surface area contributed by atoms with Crippen molar-refractivity contribution in [1.29, 1.82) is 0 Å². The number of rotatable bonds is 6. The molecule has 0 aliphatic carbocycles. The van der Waals surface area contributed by atoms with Gasteiger partial charge in [0.05, 0.1) is 5.69 Å². The van der Waals surface area contributed by atoms with Crippen LogP contribution >= 0.6 is 11.6 Å². The molecule has 0 aliphatic rings. The van der Waals surface area contributed by atoms with Crippen molar-refractivity contribution in [3.8, 4) is 0 Å². The monoisotopic (exact) mass is 282 g/mol. The third-order valence-electron chi connectivity index (χ3n) is 3.09. The molecule has 19 heavy (non-hydrogen) atoms. The van der Waals surface area contributed by atoms with Crippen molar-refractivity contribution >= 4 is 29.9 Å². The summed E-state index contributed by atoms with van der Waals surface area (Å²) in [4.78, 5) is 18.4. The molecule has 0 radical (unpaired) electrons. The van der Waals surface area contributed by atoms with E-state index < -0.39 is 0 Å². The normalized spacial score (nSPS) is 10.1. The fourth-order valence-corrected chi connectivity index (χ4v) is 2.25. The Bertz CT molecular complexity index is 475. The van der Waals surface area contributed by atoms with Crippen LogP contribution < -0.4 is 4.90 Å². The number of carbonyl (C=O) groups is 1. The predicted molar refractivity (Wildman–Crippen MR) is 79.0 cm³/mol. The van der Waals surface area contributed by atoms with Gasteiger partial charge in [-0.25, -0.2) is 0 Å². The molecule has 0 unspecified atom stereocenters. The first kappa shape index (κ1) is 15.5. The van der Waals surface area contributed by atoms with E-state index in [4.69, 9.17) is 16.4 Å². The number of hydrogen-bond donors (Lipinski definition) is 0. The molecule has 1 aromatic rings. The lowest BCUT2D eigenvalue weighted by atomic mass is 10.00. The average molecular weight is 283 g/mol. The first-order chi connectivity index (χ1) is 9.06. The molecule has 1 aromatic carbocycles. The maximum absolute atomic E-state index is 12.0. The van der Waals surface area contributed by atoms with Crippen LogP contribution in [0.1, 0.15) is 23.6 Å². The van der Waals surface area contributed by atoms with E-state index in [9.17, 15) is 4.79 Å². The van der Waals surface area contributed by atoms with Crippen LogP contribution in [-0.4, -0.2) is 25.2 Å². The third kappa shape index (κ3) is 3.47. The van der Waals surface area contributed by atoms with Crippen molar-refractivity contribution in [1.82, 2.24) is 0 Å². The Morgan fingerprint density at radius 2 is 2.16 bits per heavy atom. The number of oxime groups is 1. The Kier molecular flexibility index (Phi) is 5.83. The van der Waals surface area contributed by atoms with Crippen molar-refractivity contribution < 1.29 is 9.63 Å². The number of amides is 1. The summed E-state index contributed by atoms with van der Waals surface area (Å²) in [6, 6.07) is 4.07. The Balaban J connectivity index is 3.27. The van der Waals surface area contributed by atoms with Gasteiger partial charge in [-0.1, -0.05) is 19.1 Å². The summed E-state index contributed by atoms with van der Waals surface area (Å²) >= 11 is 5.66. The Labute approximate surface area is 119 Å². The third-order valence-corrected chi connectivity index (χ3v) is 3.32. The molecule has 0 saturated heterocycles. The van der Waals surface area contributed by atoms with E-state index in [1.165, 1.54) is 10.5 Å². The van der Waals surface area contributed by atoms with Gasteiger partial charge >= 0.3 is 0 Å². The maximum atomic E-state index is 12.0. The predicted octanol–water partition coefficient (Wildman–Crippen LogP) is 3.03. The second-order valence-corrected chi connectivity index (χ2v) is 4.48. The molecule has 0 fully saturated rings. The molecule has 0 atom stereocenters. The highest BCUT2D eigenvalue weighted by molar-refractivity contribution is 6.29. The fourth-order valence-electron chi connectivity index (χ4n) is 2.11. The number of halogens is 1. The molecule has 0 bridgehead atoms. The minimum Gasteiger partial charge on any atom is -0.374 e. The largest absolute Gasteiger partial charge is 0.374 e. The van der Waals surface area contributed by atoms with Gasteiger partial charge in [0.15, 0.2) is 6.73 Å². The molecular formula is C14H19ClN2O2. The second kappa shape index (κ2) is 7.14. The molecule has 1 rings (SSSR count). The number of benzene rings is 1. The zero-order chi connectivity index (χ0) is 14.4. The lowest BCUT2D eigenvalue weighted by molar-refractivity contribution is -0.117. The molecule has 104 valence electrons. The van der Waals surface area contributed by atoms with E-state index in [2.05, 4.69) is 24.9 Å². The van der Waals surface area contributed by atoms with Crippen LogP contribution in [0, 0.1) is 13.8 Å². The lowest BCUT2D eigenvalue weighted by Crippen LogP contribution is -2.34. The van der Waals surface area contributed by atoms with Crippen molar-refractivity contribution in [3.05, 3.63) is 28.8 Å². The zero-order valence-electron chi connectivity index (χ0n) is 11.6. The highest BCUT2D eigenvalue weighted by atomic mass is 35.5. The fraction of sp³-hybridized carbons (Fsp3) is 0.429. The Morgan fingerprint density at radius 3 is 2.68 bits per heavy atom. The zero-order valence-corrected chi connectivity index (χ0v) is 12.3. The minimum atomic E-state index is -0.218. The van der Waals surface area contributed by atoms with Crippen molar-refractivity contribution in [3.63, 3.8) is 0 Å². The van der Waals surface area contributed by atoms with Gasteiger partial charge in [0.2, 0.25) is 5.91 Å². The quantitative estimate of drug-likeness (QED) is 0.348. The van der Waals surface area contributed by atoms with E-state index in [0.717, 1.165) is 23.2 Å². The first-order valence-electron chi connectivity index (χ1n) is 6.10. The van der Waals surface area contributed by atoms with Gasteiger partial charge in [-0.3, -0.25) is 9.69 Å². The summed E-state index contributed by atoms with van der Waals surface area (Å²) in [5, 5.41) is 3.33. The van der Waals surface area contributed by atoms with Crippen LogP contribution in [0.4, 0.5) is 5.69 Å². The van der Waals surface area contributed by atoms with Crippen molar-refractivity contribution in [2.75, 3.05) is 17.5 Å². The summed E-state index contributed by atoms with van der Waals surface area (Å²) in [7, 11) is 0. The lowest BCUT2D eigenvalue weighted by Gasteiger charge is -2.25. The summed E-state index contributed by atoms with van der Waals surface area (Å²) in [6.45, 7) is 9.30. The van der Waals surface area contributed by atoms with Gasteiger partial charge in [0.25, 0.3) is 0 Å². The van der Waals surface area contributed by atoms with Crippen LogP contribution in [0.2, 0.25) is 0 Å². The molecule has 1 amide bonds. The molecule has 0 heterocycles. The summed E-state index contributed by atoms with van der Waals surface area (Å²) in [6.07, 6.45) is 0.905. The minimum absolute atomic E-state index is 0.0178. The number of carbonyl (C=O) groups excluding carboxylic acids is 1. The van der Waals surface area contributed by atoms with Gasteiger partial charge in [0, 0.05) is 6.72 Å². The standard InChI is InChI=1S/C14H19ClN2O2/c1-5-12-7-6-10(2)14(11(12)3)17(9-19-16-4)13(18)8-15/h6-7H,4-5,8-9H2,1-3H3. The SMILES string of the molecule is C=NOCN(C(=O)CCl)c1c(C)ccc(CC)c1C. The van der Waals surface area contributed by atoms with Crippen molar-refractivity contribution in [2.24, 2.45) is 5.16 Å². The van der Waals surface area contributed by atoms with Crippen LogP contribution in [-0.2, 0) is 16.1 Å². The highest BCUT2D eigenvalue weighted by Gasteiger charge is 2.20. The summed E-state index contributed by atoms with van der Waals surface area (Å²) < 4.78 is 0. The topological polar surface area (TPSA) is 41.9 Å². The molecule has 0 aromatic heterocycles. The van der Waals surface area contributed by atoms with E-state index in [0.29, 0.717) is 0 Å². The van der Waals surface area contributed by atoms with Crippen LogP contribution in [0.15, 0.2) is 17.3 Å². The number of nitrogens with zero attached hydrogens (tertiary/aromatic N) is 2. The van der Waals surface area contributed by atoms with Crippen LogP contribution in [0.5, 0.6) is 0 Å². The summed E-state index contributed by atoms with van der Waals surface area (Å²) in [5.41, 5.74) is 4.10. The van der Waals surface area contributed by atoms with Gasteiger partial charge in [0.1, 0.15) is 5.88 Å². The summed E-state index contributed by atoms with van der Waals surface area (Å²) in [5.74, 6) is -0.319. The van der Waals surface area contributed by atoms with E-state index in [1.807, 2.05) is 19.9 Å². The second-order valence-electron chi connectivity index (χ2n) is 4.21. The Morgan fingerprint density at radius 1 is 1.47 bits per heavy atom. The first-order valence-corrected chi connectivity index (χ1v) is 6.63. The molecule has 4 nitrogen and oxygen atoms in total. The van der Waals surface area contributed by atoms with Gasteiger partial charge in [-0.05, 0) is 37.0 Å². The van der Waals surface area contributed by atoms with Crippen LogP contribution in [0.25, 0.3) is 0 Å². The molecule has 0 N–H and O–H groups in total. The van der Waals surface area contributed by atoms with Gasteiger partial charge in [-0.15, -0.1) is 16.8 Å². The molecule has 0 saturated carbocycles. The molecule has 5 heteroatoms. The molecule has 0 spiro atoms. The maximum Gasteiger partial charge on any atom is 0.244 e. The number of aryl methyl sites for hydroxylation is 2. The van der Waals surface area contributed by atoms with Gasteiger partial charge in [-0.2, -0.15) is 0 Å². The smallest absolute Gasteiger partial charge is 0.244 e.